The average Bonchev–Trinajstić information content (AvgIpc) is 2.83. The molecule has 0 unspecified atom stereocenters. The maximum Gasteiger partial charge on any atom is 0.491 e. The van der Waals surface area contributed by atoms with Gasteiger partial charge in [-0.2, -0.15) is 0 Å². The van der Waals surface area contributed by atoms with Crippen LogP contribution in [-0.2, 0) is 17.7 Å². The summed E-state index contributed by atoms with van der Waals surface area (Å²) >= 11 is 0. The van der Waals surface area contributed by atoms with Crippen LogP contribution in [0.1, 0.15) is 32.9 Å². The Morgan fingerprint density at radius 3 is 2.90 bits per heavy atom. The van der Waals surface area contributed by atoms with Gasteiger partial charge in [-0.25, -0.2) is 4.98 Å². The van der Waals surface area contributed by atoms with Gasteiger partial charge in [-0.1, -0.05) is 24.3 Å². The van der Waals surface area contributed by atoms with E-state index < -0.39 is 7.12 Å². The molecule has 3 rings (SSSR count). The van der Waals surface area contributed by atoms with Gasteiger partial charge in [-0.15, -0.1) is 0 Å². The number of Topliss-reactive ketones (excluding diaryl/α,β-unsaturated/α-hetero) is 1. The molecule has 0 radical (unpaired) electrons. The van der Waals surface area contributed by atoms with Gasteiger partial charge >= 0.3 is 7.12 Å². The molecular formula is C16H16BNO3. The number of fused-ring (bicyclic) bond motifs is 1. The van der Waals surface area contributed by atoms with E-state index in [2.05, 4.69) is 4.98 Å². The van der Waals surface area contributed by atoms with E-state index in [1.807, 2.05) is 38.1 Å². The molecule has 2 heterocycles. The summed E-state index contributed by atoms with van der Waals surface area (Å²) in [5.41, 5.74) is 5.03. The maximum atomic E-state index is 12.3. The van der Waals surface area contributed by atoms with Crippen LogP contribution in [0.25, 0.3) is 0 Å². The van der Waals surface area contributed by atoms with Crippen LogP contribution in [0.15, 0.2) is 30.3 Å². The maximum absolute atomic E-state index is 12.3. The standard InChI is InChI=1S/C16H16BNO3/c1-10-3-6-15(18-11(10)2)16(19)8-12-4-5-13-9-21-17(20)14(13)7-12/h3-7,20H,8-9H2,1-2H3. The third kappa shape index (κ3) is 2.75. The highest BCUT2D eigenvalue weighted by Gasteiger charge is 2.27. The van der Waals surface area contributed by atoms with Crippen molar-refractivity contribution in [2.24, 2.45) is 0 Å². The Balaban J connectivity index is 1.82. The normalized spacial score (nSPS) is 13.4. The Morgan fingerprint density at radius 1 is 1.33 bits per heavy atom. The number of benzene rings is 1. The molecule has 1 aromatic heterocycles. The van der Waals surface area contributed by atoms with E-state index >= 15 is 0 Å². The smallest absolute Gasteiger partial charge is 0.423 e. The predicted octanol–water partition coefficient (Wildman–Crippen LogP) is 1.34. The number of carbonyl (C=O) groups is 1. The van der Waals surface area contributed by atoms with Crippen molar-refractivity contribution in [3.05, 3.63) is 58.4 Å². The Labute approximate surface area is 123 Å². The summed E-state index contributed by atoms with van der Waals surface area (Å²) in [6.07, 6.45) is 0.273. The van der Waals surface area contributed by atoms with Crippen LogP contribution < -0.4 is 5.46 Å². The van der Waals surface area contributed by atoms with E-state index in [9.17, 15) is 9.82 Å². The number of hydrogen-bond donors (Lipinski definition) is 1. The van der Waals surface area contributed by atoms with Crippen molar-refractivity contribution in [3.8, 4) is 0 Å². The Bertz CT molecular complexity index is 715. The lowest BCUT2D eigenvalue weighted by Gasteiger charge is -2.06. The van der Waals surface area contributed by atoms with E-state index in [0.29, 0.717) is 12.3 Å². The van der Waals surface area contributed by atoms with Gasteiger partial charge in [0.15, 0.2) is 5.78 Å². The van der Waals surface area contributed by atoms with Crippen LogP contribution in [0.3, 0.4) is 0 Å². The van der Waals surface area contributed by atoms with Crippen molar-refractivity contribution in [1.82, 2.24) is 4.98 Å². The molecule has 1 aliphatic heterocycles. The quantitative estimate of drug-likeness (QED) is 0.681. The number of hydrogen-bond acceptors (Lipinski definition) is 4. The van der Waals surface area contributed by atoms with Crippen molar-refractivity contribution in [2.45, 2.75) is 26.9 Å². The lowest BCUT2D eigenvalue weighted by Crippen LogP contribution is -2.28. The molecule has 1 aromatic carbocycles. The summed E-state index contributed by atoms with van der Waals surface area (Å²) in [5, 5.41) is 9.70. The van der Waals surface area contributed by atoms with Gasteiger partial charge in [0, 0.05) is 12.1 Å². The van der Waals surface area contributed by atoms with Gasteiger partial charge in [0.05, 0.1) is 6.61 Å². The lowest BCUT2D eigenvalue weighted by molar-refractivity contribution is 0.0988. The van der Waals surface area contributed by atoms with E-state index in [4.69, 9.17) is 4.65 Å². The first-order chi connectivity index (χ1) is 10.0. The largest absolute Gasteiger partial charge is 0.491 e. The van der Waals surface area contributed by atoms with Crippen molar-refractivity contribution in [3.63, 3.8) is 0 Å². The molecule has 0 fully saturated rings. The second-order valence-electron chi connectivity index (χ2n) is 5.40. The minimum absolute atomic E-state index is 0.0218. The Morgan fingerprint density at radius 2 is 2.14 bits per heavy atom. The van der Waals surface area contributed by atoms with Crippen LogP contribution in [0.2, 0.25) is 0 Å². The summed E-state index contributed by atoms with van der Waals surface area (Å²) in [7, 11) is -0.880. The molecule has 2 aromatic rings. The number of ketones is 1. The van der Waals surface area contributed by atoms with Gasteiger partial charge in [0.1, 0.15) is 5.69 Å². The molecule has 0 bridgehead atoms. The van der Waals surface area contributed by atoms with Crippen LogP contribution in [-0.4, -0.2) is 22.9 Å². The number of carbonyl (C=O) groups excluding carboxylic acids is 1. The molecule has 0 atom stereocenters. The molecule has 0 amide bonds. The van der Waals surface area contributed by atoms with Crippen molar-refractivity contribution in [2.75, 3.05) is 0 Å². The predicted molar refractivity (Wildman–Crippen MR) is 80.6 cm³/mol. The number of aromatic nitrogens is 1. The van der Waals surface area contributed by atoms with Crippen LogP contribution >= 0.6 is 0 Å². The molecule has 1 aliphatic rings. The third-order valence-corrected chi connectivity index (χ3v) is 3.87. The molecular weight excluding hydrogens is 265 g/mol. The second-order valence-corrected chi connectivity index (χ2v) is 5.40. The average molecular weight is 281 g/mol. The molecule has 5 heteroatoms. The van der Waals surface area contributed by atoms with Crippen molar-refractivity contribution < 1.29 is 14.5 Å². The van der Waals surface area contributed by atoms with Gasteiger partial charge in [-0.05, 0) is 42.1 Å². The first-order valence-corrected chi connectivity index (χ1v) is 6.93. The molecule has 0 spiro atoms. The molecule has 4 nitrogen and oxygen atoms in total. The van der Waals surface area contributed by atoms with Crippen molar-refractivity contribution >= 4 is 18.4 Å². The first-order valence-electron chi connectivity index (χ1n) is 6.93. The van der Waals surface area contributed by atoms with E-state index in [-0.39, 0.29) is 12.2 Å². The van der Waals surface area contributed by atoms with Crippen LogP contribution in [0.4, 0.5) is 0 Å². The first kappa shape index (κ1) is 14.0. The number of nitrogens with zero attached hydrogens (tertiary/aromatic N) is 1. The summed E-state index contributed by atoms with van der Waals surface area (Å²) < 4.78 is 5.16. The molecule has 106 valence electrons. The molecule has 21 heavy (non-hydrogen) atoms. The minimum Gasteiger partial charge on any atom is -0.423 e. The summed E-state index contributed by atoms with van der Waals surface area (Å²) in [5.74, 6) is -0.0218. The third-order valence-electron chi connectivity index (χ3n) is 3.87. The zero-order valence-corrected chi connectivity index (χ0v) is 12.1. The lowest BCUT2D eigenvalue weighted by atomic mass is 9.78. The second kappa shape index (κ2) is 5.43. The SMILES string of the molecule is Cc1ccc(C(=O)Cc2ccc3c(c2)B(O)OC3)nc1C. The number of rotatable bonds is 3. The van der Waals surface area contributed by atoms with E-state index in [0.717, 1.165) is 27.8 Å². The molecule has 0 saturated heterocycles. The zero-order chi connectivity index (χ0) is 15.0. The zero-order valence-electron chi connectivity index (χ0n) is 12.1. The highest BCUT2D eigenvalue weighted by Crippen LogP contribution is 2.14. The van der Waals surface area contributed by atoms with Gasteiger partial charge in [-0.3, -0.25) is 4.79 Å². The minimum atomic E-state index is -0.880. The van der Waals surface area contributed by atoms with Gasteiger partial charge in [0.25, 0.3) is 0 Å². The number of pyridine rings is 1. The fourth-order valence-electron chi connectivity index (χ4n) is 2.44. The fourth-order valence-corrected chi connectivity index (χ4v) is 2.44. The number of aryl methyl sites for hydroxylation is 2. The Hall–Kier alpha value is -1.98. The van der Waals surface area contributed by atoms with Gasteiger partial charge in [0.2, 0.25) is 0 Å². The molecule has 0 saturated carbocycles. The highest BCUT2D eigenvalue weighted by molar-refractivity contribution is 6.61. The van der Waals surface area contributed by atoms with Crippen molar-refractivity contribution in [1.29, 1.82) is 0 Å². The highest BCUT2D eigenvalue weighted by atomic mass is 16.5. The van der Waals surface area contributed by atoms with E-state index in [1.54, 1.807) is 6.07 Å². The van der Waals surface area contributed by atoms with Gasteiger partial charge < -0.3 is 9.68 Å². The summed E-state index contributed by atoms with van der Waals surface area (Å²) in [6, 6.07) is 9.32. The van der Waals surface area contributed by atoms with E-state index in [1.165, 1.54) is 0 Å². The summed E-state index contributed by atoms with van der Waals surface area (Å²) in [4.78, 5) is 16.6. The van der Waals surface area contributed by atoms with Crippen LogP contribution in [0, 0.1) is 13.8 Å². The Kier molecular flexibility index (Phi) is 3.61. The fraction of sp³-hybridized carbons (Fsp3) is 0.250. The monoisotopic (exact) mass is 281 g/mol. The van der Waals surface area contributed by atoms with Crippen LogP contribution in [0.5, 0.6) is 0 Å². The topological polar surface area (TPSA) is 59.4 Å². The summed E-state index contributed by atoms with van der Waals surface area (Å²) in [6.45, 7) is 4.29. The molecule has 0 aliphatic carbocycles. The molecule has 1 N–H and O–H groups in total.